The zero-order valence-electron chi connectivity index (χ0n) is 10.2. The minimum Gasteiger partial charge on any atom is -0.497 e. The lowest BCUT2D eigenvalue weighted by Gasteiger charge is -2.28. The smallest absolute Gasteiger partial charge is 0.118 e. The number of fused-ring (bicyclic) bond motifs is 2. The fraction of sp³-hybridized carbons (Fsp3) is 0.571. The number of hydrogen-bond acceptors (Lipinski definition) is 3. The molecule has 17 heavy (non-hydrogen) atoms. The Balaban J connectivity index is 1.62. The SMILES string of the molecule is COc1ccc(SC2C[C@@H]3CC[C@@H](C2)N3)cc1. The van der Waals surface area contributed by atoms with Crippen molar-refractivity contribution in [3.05, 3.63) is 24.3 Å². The van der Waals surface area contributed by atoms with E-state index in [4.69, 9.17) is 4.74 Å². The minimum atomic E-state index is 0.782. The topological polar surface area (TPSA) is 21.3 Å². The zero-order chi connectivity index (χ0) is 11.7. The van der Waals surface area contributed by atoms with E-state index in [-0.39, 0.29) is 0 Å². The molecule has 2 bridgehead atoms. The summed E-state index contributed by atoms with van der Waals surface area (Å²) in [6, 6.07) is 10.0. The van der Waals surface area contributed by atoms with Crippen molar-refractivity contribution < 1.29 is 4.74 Å². The van der Waals surface area contributed by atoms with Gasteiger partial charge in [0.1, 0.15) is 5.75 Å². The van der Waals surface area contributed by atoms with Crippen molar-refractivity contribution >= 4 is 11.8 Å². The molecule has 1 aromatic carbocycles. The van der Waals surface area contributed by atoms with Crippen molar-refractivity contribution in [2.75, 3.05) is 7.11 Å². The number of piperidine rings is 1. The molecule has 0 spiro atoms. The van der Waals surface area contributed by atoms with E-state index in [0.717, 1.165) is 23.1 Å². The minimum absolute atomic E-state index is 0.782. The van der Waals surface area contributed by atoms with Crippen LogP contribution in [-0.4, -0.2) is 24.4 Å². The predicted octanol–water partition coefficient (Wildman–Crippen LogP) is 3.07. The molecule has 2 nitrogen and oxygen atoms in total. The number of benzene rings is 1. The lowest BCUT2D eigenvalue weighted by atomic mass is 10.1. The molecule has 2 fully saturated rings. The van der Waals surface area contributed by atoms with E-state index in [0.29, 0.717) is 0 Å². The number of hydrogen-bond donors (Lipinski definition) is 1. The summed E-state index contributed by atoms with van der Waals surface area (Å²) in [6.45, 7) is 0. The maximum absolute atomic E-state index is 5.18. The van der Waals surface area contributed by atoms with Crippen LogP contribution < -0.4 is 10.1 Å². The Morgan fingerprint density at radius 2 is 1.76 bits per heavy atom. The second kappa shape index (κ2) is 4.91. The van der Waals surface area contributed by atoms with E-state index >= 15 is 0 Å². The van der Waals surface area contributed by atoms with E-state index in [1.165, 1.54) is 30.6 Å². The highest BCUT2D eigenvalue weighted by Gasteiger charge is 2.33. The molecular formula is C14H19NOS. The van der Waals surface area contributed by atoms with Gasteiger partial charge in [0.15, 0.2) is 0 Å². The lowest BCUT2D eigenvalue weighted by molar-refractivity contribution is 0.413. The van der Waals surface area contributed by atoms with Gasteiger partial charge in [-0.25, -0.2) is 0 Å². The summed E-state index contributed by atoms with van der Waals surface area (Å²) in [5.74, 6) is 0.944. The van der Waals surface area contributed by atoms with Gasteiger partial charge in [0.2, 0.25) is 0 Å². The normalized spacial score (nSPS) is 31.5. The Hall–Kier alpha value is -0.670. The average Bonchev–Trinajstić information content (AvgIpc) is 2.70. The molecule has 92 valence electrons. The molecule has 2 heterocycles. The third-order valence-corrected chi connectivity index (χ3v) is 5.05. The summed E-state index contributed by atoms with van der Waals surface area (Å²) in [4.78, 5) is 1.37. The van der Waals surface area contributed by atoms with Crippen molar-refractivity contribution in [3.8, 4) is 5.75 Å². The van der Waals surface area contributed by atoms with Crippen molar-refractivity contribution in [1.29, 1.82) is 0 Å². The largest absolute Gasteiger partial charge is 0.497 e. The second-order valence-corrected chi connectivity index (χ2v) is 6.40. The maximum Gasteiger partial charge on any atom is 0.118 e. The third-order valence-electron chi connectivity index (χ3n) is 3.79. The number of rotatable bonds is 3. The van der Waals surface area contributed by atoms with Gasteiger partial charge in [0.05, 0.1) is 7.11 Å². The van der Waals surface area contributed by atoms with Crippen molar-refractivity contribution in [2.45, 2.75) is 47.9 Å². The Labute approximate surface area is 107 Å². The van der Waals surface area contributed by atoms with Gasteiger partial charge in [-0.15, -0.1) is 11.8 Å². The summed E-state index contributed by atoms with van der Waals surface area (Å²) in [7, 11) is 1.71. The first kappa shape index (κ1) is 11.4. The van der Waals surface area contributed by atoms with Crippen LogP contribution in [0.4, 0.5) is 0 Å². The summed E-state index contributed by atoms with van der Waals surface area (Å²) in [6.07, 6.45) is 5.41. The highest BCUT2D eigenvalue weighted by Crippen LogP contribution is 2.37. The van der Waals surface area contributed by atoms with Crippen molar-refractivity contribution in [3.63, 3.8) is 0 Å². The van der Waals surface area contributed by atoms with Crippen LogP contribution in [-0.2, 0) is 0 Å². The van der Waals surface area contributed by atoms with Gasteiger partial charge in [0, 0.05) is 22.2 Å². The van der Waals surface area contributed by atoms with Crippen LogP contribution in [0.3, 0.4) is 0 Å². The van der Waals surface area contributed by atoms with Crippen LogP contribution in [0.1, 0.15) is 25.7 Å². The van der Waals surface area contributed by atoms with E-state index in [9.17, 15) is 0 Å². The van der Waals surface area contributed by atoms with Gasteiger partial charge in [-0.1, -0.05) is 0 Å². The van der Waals surface area contributed by atoms with Crippen LogP contribution in [0.5, 0.6) is 5.75 Å². The number of ether oxygens (including phenoxy) is 1. The molecule has 2 saturated heterocycles. The van der Waals surface area contributed by atoms with Gasteiger partial charge >= 0.3 is 0 Å². The molecule has 0 aromatic heterocycles. The van der Waals surface area contributed by atoms with Crippen LogP contribution in [0, 0.1) is 0 Å². The third kappa shape index (κ3) is 2.61. The van der Waals surface area contributed by atoms with Gasteiger partial charge in [-0.3, -0.25) is 0 Å². The molecule has 0 aliphatic carbocycles. The number of methoxy groups -OCH3 is 1. The maximum atomic E-state index is 5.18. The molecule has 1 N–H and O–H groups in total. The molecule has 0 saturated carbocycles. The molecule has 0 amide bonds. The van der Waals surface area contributed by atoms with Crippen molar-refractivity contribution in [2.24, 2.45) is 0 Å². The second-order valence-electron chi connectivity index (χ2n) is 5.02. The van der Waals surface area contributed by atoms with E-state index < -0.39 is 0 Å². The monoisotopic (exact) mass is 249 g/mol. The fourth-order valence-corrected chi connectivity index (χ4v) is 4.28. The molecular weight excluding hydrogens is 230 g/mol. The van der Waals surface area contributed by atoms with Gasteiger partial charge < -0.3 is 10.1 Å². The summed E-state index contributed by atoms with van der Waals surface area (Å²) < 4.78 is 5.18. The fourth-order valence-electron chi connectivity index (χ4n) is 2.95. The van der Waals surface area contributed by atoms with E-state index in [2.05, 4.69) is 29.6 Å². The highest BCUT2D eigenvalue weighted by molar-refractivity contribution is 8.00. The average molecular weight is 249 g/mol. The standard InChI is InChI=1S/C14H19NOS/c1-16-12-4-6-13(7-5-12)17-14-8-10-2-3-11(9-14)15-10/h4-7,10-11,14-15H,2-3,8-9H2,1H3/t10-,11-/m0/s1. The molecule has 3 rings (SSSR count). The molecule has 1 aromatic rings. The first-order chi connectivity index (χ1) is 8.33. The molecule has 0 unspecified atom stereocenters. The summed E-state index contributed by atoms with van der Waals surface area (Å²) in [5.41, 5.74) is 0. The zero-order valence-corrected chi connectivity index (χ0v) is 11.0. The Bertz CT molecular complexity index is 366. The van der Waals surface area contributed by atoms with E-state index in [1.54, 1.807) is 7.11 Å². The molecule has 3 heteroatoms. The van der Waals surface area contributed by atoms with Crippen LogP contribution in [0.25, 0.3) is 0 Å². The summed E-state index contributed by atoms with van der Waals surface area (Å²) in [5, 5.41) is 4.48. The van der Waals surface area contributed by atoms with Crippen LogP contribution in [0.2, 0.25) is 0 Å². The quantitative estimate of drug-likeness (QED) is 0.889. The van der Waals surface area contributed by atoms with Crippen molar-refractivity contribution in [1.82, 2.24) is 5.32 Å². The molecule has 0 radical (unpaired) electrons. The molecule has 2 aliphatic rings. The van der Waals surface area contributed by atoms with Gasteiger partial charge in [0.25, 0.3) is 0 Å². The lowest BCUT2D eigenvalue weighted by Crippen LogP contribution is -2.39. The van der Waals surface area contributed by atoms with Crippen LogP contribution >= 0.6 is 11.8 Å². The van der Waals surface area contributed by atoms with Gasteiger partial charge in [-0.05, 0) is 49.9 Å². The summed E-state index contributed by atoms with van der Waals surface area (Å²) >= 11 is 2.04. The highest BCUT2D eigenvalue weighted by atomic mass is 32.2. The van der Waals surface area contributed by atoms with Gasteiger partial charge in [-0.2, -0.15) is 0 Å². The number of thioether (sulfide) groups is 1. The Kier molecular flexibility index (Phi) is 3.30. The Morgan fingerprint density at radius 3 is 2.35 bits per heavy atom. The van der Waals surface area contributed by atoms with E-state index in [1.807, 2.05) is 11.8 Å². The predicted molar refractivity (Wildman–Crippen MR) is 71.8 cm³/mol. The Morgan fingerprint density at radius 1 is 1.12 bits per heavy atom. The first-order valence-corrected chi connectivity index (χ1v) is 7.28. The first-order valence-electron chi connectivity index (χ1n) is 6.40. The van der Waals surface area contributed by atoms with Crippen LogP contribution in [0.15, 0.2) is 29.2 Å². The number of nitrogens with one attached hydrogen (secondary N) is 1. The molecule has 2 aliphatic heterocycles. The molecule has 2 atom stereocenters.